The van der Waals surface area contributed by atoms with Crippen LogP contribution < -0.4 is 0 Å². The molecule has 1 aliphatic rings. The molecule has 1 nitrogen and oxygen atoms in total. The summed E-state index contributed by atoms with van der Waals surface area (Å²) in [7, 11) is 0. The Morgan fingerprint density at radius 1 is 1.00 bits per heavy atom. The molecule has 1 aromatic rings. The van der Waals surface area contributed by atoms with Gasteiger partial charge in [0.05, 0.1) is 0 Å². The average Bonchev–Trinajstić information content (AvgIpc) is 2.04. The van der Waals surface area contributed by atoms with Gasteiger partial charge in [-0.3, -0.25) is 0 Å². The molecule has 0 spiro atoms. The van der Waals surface area contributed by atoms with E-state index in [-0.39, 0.29) is 0 Å². The van der Waals surface area contributed by atoms with Crippen LogP contribution >= 0.6 is 0 Å². The maximum absolute atomic E-state index is 7.52. The van der Waals surface area contributed by atoms with Crippen molar-refractivity contribution in [1.29, 1.82) is 5.41 Å². The molecule has 2 rings (SSSR count). The van der Waals surface area contributed by atoms with Gasteiger partial charge >= 0.3 is 0 Å². The van der Waals surface area contributed by atoms with Crippen molar-refractivity contribution in [2.45, 2.75) is 19.3 Å². The lowest BCUT2D eigenvalue weighted by atomic mass is 9.91. The van der Waals surface area contributed by atoms with Crippen LogP contribution in [0.2, 0.25) is 0 Å². The summed E-state index contributed by atoms with van der Waals surface area (Å²) in [6.45, 7) is 0. The number of nitrogens with one attached hydrogen (secondary N) is 1. The third kappa shape index (κ3) is 1.18. The number of rotatable bonds is 0. The molecule has 0 radical (unpaired) electrons. The van der Waals surface area contributed by atoms with Gasteiger partial charge in [0.1, 0.15) is 0 Å². The minimum Gasteiger partial charge on any atom is -0.309 e. The van der Waals surface area contributed by atoms with Crippen molar-refractivity contribution in [2.24, 2.45) is 0 Å². The van der Waals surface area contributed by atoms with E-state index in [0.29, 0.717) is 0 Å². The maximum Gasteiger partial charge on any atom is 0.0136 e. The van der Waals surface area contributed by atoms with Crippen LogP contribution in [0.4, 0.5) is 0 Å². The Morgan fingerprint density at radius 2 is 1.73 bits per heavy atom. The second kappa shape index (κ2) is 2.50. The lowest BCUT2D eigenvalue weighted by Gasteiger charge is -2.15. The van der Waals surface area contributed by atoms with E-state index >= 15 is 0 Å². The van der Waals surface area contributed by atoms with Crippen molar-refractivity contribution < 1.29 is 0 Å². The molecule has 1 heteroatoms. The smallest absolute Gasteiger partial charge is 0.0136 e. The molecule has 0 fully saturated rings. The van der Waals surface area contributed by atoms with E-state index in [1.165, 1.54) is 11.1 Å². The van der Waals surface area contributed by atoms with Crippen molar-refractivity contribution in [3.8, 4) is 0 Å². The lowest BCUT2D eigenvalue weighted by Crippen LogP contribution is -2.11. The Labute approximate surface area is 66.6 Å². The first-order valence-corrected chi connectivity index (χ1v) is 3.99. The van der Waals surface area contributed by atoms with Gasteiger partial charge < -0.3 is 5.41 Å². The van der Waals surface area contributed by atoms with Gasteiger partial charge in [-0.15, -0.1) is 0 Å². The minimum atomic E-state index is 0.871. The highest BCUT2D eigenvalue weighted by atomic mass is 14.4. The van der Waals surface area contributed by atoms with Crippen LogP contribution in [0.25, 0.3) is 0 Å². The summed E-state index contributed by atoms with van der Waals surface area (Å²) >= 11 is 0. The van der Waals surface area contributed by atoms with E-state index in [4.69, 9.17) is 5.41 Å². The second-order valence-electron chi connectivity index (χ2n) is 3.05. The van der Waals surface area contributed by atoms with Crippen LogP contribution in [0.5, 0.6) is 0 Å². The maximum atomic E-state index is 7.52. The zero-order valence-electron chi connectivity index (χ0n) is 6.43. The van der Waals surface area contributed by atoms with Crippen molar-refractivity contribution in [2.75, 3.05) is 0 Å². The molecule has 0 heterocycles. The van der Waals surface area contributed by atoms with Gasteiger partial charge in [0.15, 0.2) is 0 Å². The zero-order valence-corrected chi connectivity index (χ0v) is 6.43. The molecular weight excluding hydrogens is 134 g/mol. The summed E-state index contributed by atoms with van der Waals surface area (Å²) in [5.74, 6) is 0. The Morgan fingerprint density at radius 3 is 2.55 bits per heavy atom. The molecule has 0 unspecified atom stereocenters. The molecule has 0 amide bonds. The van der Waals surface area contributed by atoms with Crippen molar-refractivity contribution in [3.63, 3.8) is 0 Å². The molecule has 0 saturated carbocycles. The minimum absolute atomic E-state index is 0.871. The van der Waals surface area contributed by atoms with E-state index in [1.54, 1.807) is 0 Å². The van der Waals surface area contributed by atoms with Gasteiger partial charge in [0.2, 0.25) is 0 Å². The van der Waals surface area contributed by atoms with E-state index < -0.39 is 0 Å². The monoisotopic (exact) mass is 145 g/mol. The molecule has 11 heavy (non-hydrogen) atoms. The van der Waals surface area contributed by atoms with Gasteiger partial charge in [0.25, 0.3) is 0 Å². The number of fused-ring (bicyclic) bond motifs is 1. The molecule has 56 valence electrons. The largest absolute Gasteiger partial charge is 0.309 e. The van der Waals surface area contributed by atoms with Crippen molar-refractivity contribution >= 4 is 5.71 Å². The molecular formula is C10H11N. The highest BCUT2D eigenvalue weighted by molar-refractivity contribution is 5.85. The van der Waals surface area contributed by atoms with Crippen molar-refractivity contribution in [1.82, 2.24) is 0 Å². The van der Waals surface area contributed by atoms with Gasteiger partial charge in [0, 0.05) is 12.1 Å². The lowest BCUT2D eigenvalue weighted by molar-refractivity contribution is 0.938. The fourth-order valence-electron chi connectivity index (χ4n) is 1.58. The van der Waals surface area contributed by atoms with Crippen LogP contribution in [0.1, 0.15) is 17.5 Å². The first-order chi connectivity index (χ1) is 5.36. The van der Waals surface area contributed by atoms with E-state index in [0.717, 1.165) is 25.0 Å². The van der Waals surface area contributed by atoms with Gasteiger partial charge in [-0.1, -0.05) is 24.3 Å². The second-order valence-corrected chi connectivity index (χ2v) is 3.05. The quantitative estimate of drug-likeness (QED) is 0.578. The summed E-state index contributed by atoms with van der Waals surface area (Å²) < 4.78 is 0. The van der Waals surface area contributed by atoms with Gasteiger partial charge in [-0.2, -0.15) is 0 Å². The fraction of sp³-hybridized carbons (Fsp3) is 0.300. The highest BCUT2D eigenvalue weighted by Gasteiger charge is 2.10. The summed E-state index contributed by atoms with van der Waals surface area (Å²) in [5.41, 5.74) is 3.66. The Balaban J connectivity index is 2.41. The van der Waals surface area contributed by atoms with E-state index in [1.807, 2.05) is 0 Å². The number of benzene rings is 1. The van der Waals surface area contributed by atoms with Gasteiger partial charge in [-0.05, 0) is 24.0 Å². The molecule has 0 aromatic heterocycles. The molecule has 1 N–H and O–H groups in total. The van der Waals surface area contributed by atoms with Crippen molar-refractivity contribution in [3.05, 3.63) is 35.4 Å². The predicted molar refractivity (Wildman–Crippen MR) is 46.2 cm³/mol. The summed E-state index contributed by atoms with van der Waals surface area (Å²) in [6.07, 6.45) is 2.89. The van der Waals surface area contributed by atoms with E-state index in [9.17, 15) is 0 Å². The SMILES string of the molecule is N=C1CCc2ccccc2C1. The van der Waals surface area contributed by atoms with Crippen LogP contribution in [0.15, 0.2) is 24.3 Å². The Hall–Kier alpha value is -1.11. The van der Waals surface area contributed by atoms with Gasteiger partial charge in [-0.25, -0.2) is 0 Å². The summed E-state index contributed by atoms with van der Waals surface area (Å²) in [6, 6.07) is 8.43. The van der Waals surface area contributed by atoms with E-state index in [2.05, 4.69) is 24.3 Å². The molecule has 1 aliphatic carbocycles. The summed E-state index contributed by atoms with van der Waals surface area (Å²) in [4.78, 5) is 0. The topological polar surface area (TPSA) is 23.9 Å². The average molecular weight is 145 g/mol. The van der Waals surface area contributed by atoms with Crippen LogP contribution in [-0.2, 0) is 12.8 Å². The summed E-state index contributed by atoms with van der Waals surface area (Å²) in [5, 5.41) is 7.52. The van der Waals surface area contributed by atoms with Crippen LogP contribution in [-0.4, -0.2) is 5.71 Å². The third-order valence-electron chi connectivity index (χ3n) is 2.22. The Bertz CT molecular complexity index is 289. The first-order valence-electron chi connectivity index (χ1n) is 3.99. The molecule has 0 aliphatic heterocycles. The number of hydrogen-bond donors (Lipinski definition) is 1. The highest BCUT2D eigenvalue weighted by Crippen LogP contribution is 2.17. The van der Waals surface area contributed by atoms with Crippen LogP contribution in [0.3, 0.4) is 0 Å². The molecule has 0 atom stereocenters. The standard InChI is InChI=1S/C10H11N/c11-10-6-5-8-3-1-2-4-9(8)7-10/h1-4,11H,5-7H2. The predicted octanol–water partition coefficient (Wildman–Crippen LogP) is 2.20. The first kappa shape index (κ1) is 6.59. The molecule has 0 bridgehead atoms. The Kier molecular flexibility index (Phi) is 1.50. The normalized spacial score (nSPS) is 16.2. The molecule has 1 aromatic carbocycles. The number of hydrogen-bond acceptors (Lipinski definition) is 1. The fourth-order valence-corrected chi connectivity index (χ4v) is 1.58. The third-order valence-corrected chi connectivity index (χ3v) is 2.22. The number of aryl methyl sites for hydroxylation is 1. The van der Waals surface area contributed by atoms with Crippen LogP contribution in [0, 0.1) is 5.41 Å². The zero-order chi connectivity index (χ0) is 7.68. The molecule has 0 saturated heterocycles.